The number of hydrogen-bond donors (Lipinski definition) is 1. The number of fused-ring (bicyclic) bond motifs is 1. The fraction of sp³-hybridized carbons (Fsp3) is 0.0556. The Morgan fingerprint density at radius 2 is 1.96 bits per heavy atom. The van der Waals surface area contributed by atoms with E-state index in [0.717, 1.165) is 27.9 Å². The summed E-state index contributed by atoms with van der Waals surface area (Å²) in [5, 5.41) is 10.1. The minimum absolute atomic E-state index is 0.440. The topological polar surface area (TPSA) is 49.6 Å². The molecule has 23 heavy (non-hydrogen) atoms. The summed E-state index contributed by atoms with van der Waals surface area (Å²) in [6.45, 7) is 0. The molecule has 0 aliphatic heterocycles. The molecule has 1 N–H and O–H groups in total. The van der Waals surface area contributed by atoms with Crippen molar-refractivity contribution >= 4 is 46.2 Å². The second kappa shape index (κ2) is 7.40. The summed E-state index contributed by atoms with van der Waals surface area (Å²) in [7, 11) is 0. The molecule has 0 saturated carbocycles. The number of nitrogens with one attached hydrogen (secondary N) is 1. The monoisotopic (exact) mass is 339 g/mol. The Bertz CT molecular complexity index is 863. The highest BCUT2D eigenvalue weighted by molar-refractivity contribution is 8.01. The number of rotatable bonds is 5. The van der Waals surface area contributed by atoms with Gasteiger partial charge >= 0.3 is 0 Å². The van der Waals surface area contributed by atoms with E-state index in [9.17, 15) is 0 Å². The molecule has 0 aliphatic rings. The maximum absolute atomic E-state index is 7.65. The van der Waals surface area contributed by atoms with Gasteiger partial charge in [-0.2, -0.15) is 0 Å². The highest BCUT2D eigenvalue weighted by Gasteiger charge is 2.04. The zero-order valence-corrected chi connectivity index (χ0v) is 13.8. The third kappa shape index (κ3) is 3.97. The van der Waals surface area contributed by atoms with E-state index in [1.807, 2.05) is 35.7 Å². The molecule has 0 fully saturated rings. The second-order valence-electron chi connectivity index (χ2n) is 4.91. The van der Waals surface area contributed by atoms with Gasteiger partial charge in [-0.25, -0.2) is 4.98 Å². The molecule has 0 bridgehead atoms. The number of aromatic nitrogens is 2. The average molecular weight is 340 g/mol. The van der Waals surface area contributed by atoms with Crippen LogP contribution in [-0.4, -0.2) is 16.2 Å². The third-order valence-corrected chi connectivity index (χ3v) is 4.43. The van der Waals surface area contributed by atoms with Crippen molar-refractivity contribution in [3.8, 4) is 0 Å². The zero-order chi connectivity index (χ0) is 16.1. The van der Waals surface area contributed by atoms with Gasteiger partial charge in [-0.3, -0.25) is 4.98 Å². The predicted octanol–water partition coefficient (Wildman–Crippen LogP) is 5.21. The maximum atomic E-state index is 7.65. The van der Waals surface area contributed by atoms with Gasteiger partial charge < -0.3 is 5.41 Å². The van der Waals surface area contributed by atoms with E-state index >= 15 is 0 Å². The number of allylic oxidation sites excluding steroid dienone is 1. The van der Waals surface area contributed by atoms with Crippen molar-refractivity contribution in [3.63, 3.8) is 0 Å². The Morgan fingerprint density at radius 3 is 2.74 bits per heavy atom. The Balaban J connectivity index is 1.82. The average Bonchev–Trinajstić information content (AvgIpc) is 2.59. The van der Waals surface area contributed by atoms with Crippen LogP contribution >= 0.6 is 23.4 Å². The van der Waals surface area contributed by atoms with E-state index in [0.29, 0.717) is 5.15 Å². The van der Waals surface area contributed by atoms with Gasteiger partial charge in [0, 0.05) is 29.3 Å². The van der Waals surface area contributed by atoms with Crippen molar-refractivity contribution in [3.05, 3.63) is 76.4 Å². The van der Waals surface area contributed by atoms with Gasteiger partial charge in [0.1, 0.15) is 5.15 Å². The normalized spacial score (nSPS) is 11.6. The smallest absolute Gasteiger partial charge is 0.129 e. The molecular formula is C18H14ClN3S. The van der Waals surface area contributed by atoms with Crippen molar-refractivity contribution in [1.82, 2.24) is 9.97 Å². The van der Waals surface area contributed by atoms with Crippen LogP contribution in [0, 0.1) is 5.41 Å². The van der Waals surface area contributed by atoms with Crippen LogP contribution in [0.4, 0.5) is 0 Å². The van der Waals surface area contributed by atoms with Crippen LogP contribution in [0.3, 0.4) is 0 Å². The van der Waals surface area contributed by atoms with Crippen molar-refractivity contribution in [2.24, 2.45) is 0 Å². The second-order valence-corrected chi connectivity index (χ2v) is 6.16. The largest absolute Gasteiger partial charge is 0.308 e. The highest BCUT2D eigenvalue weighted by Crippen LogP contribution is 2.22. The van der Waals surface area contributed by atoms with E-state index in [4.69, 9.17) is 17.0 Å². The quantitative estimate of drug-likeness (QED) is 0.513. The zero-order valence-electron chi connectivity index (χ0n) is 12.2. The Labute approximate surface area is 143 Å². The Kier molecular flexibility index (Phi) is 5.05. The number of thioether (sulfide) groups is 1. The summed E-state index contributed by atoms with van der Waals surface area (Å²) in [5.41, 5.74) is 4.45. The van der Waals surface area contributed by atoms with Crippen molar-refractivity contribution in [1.29, 1.82) is 5.41 Å². The molecule has 2 aromatic heterocycles. The lowest BCUT2D eigenvalue weighted by molar-refractivity contribution is 1.32. The van der Waals surface area contributed by atoms with E-state index in [1.165, 1.54) is 11.8 Å². The minimum atomic E-state index is 0.440. The SMILES string of the molecule is N=C/C(=C\SCc1ccccc1)c1cnc2ccc(Cl)nc2c1. The molecule has 2 heterocycles. The van der Waals surface area contributed by atoms with Crippen LogP contribution in [0.25, 0.3) is 16.6 Å². The maximum Gasteiger partial charge on any atom is 0.129 e. The molecule has 0 saturated heterocycles. The molecule has 0 atom stereocenters. The number of hydrogen-bond acceptors (Lipinski definition) is 4. The summed E-state index contributed by atoms with van der Waals surface area (Å²) in [4.78, 5) is 8.66. The van der Waals surface area contributed by atoms with Gasteiger partial charge in [-0.15, -0.1) is 11.8 Å². The number of pyridine rings is 2. The molecule has 3 nitrogen and oxygen atoms in total. The van der Waals surface area contributed by atoms with Crippen LogP contribution in [-0.2, 0) is 5.75 Å². The molecule has 0 spiro atoms. The molecule has 3 rings (SSSR count). The van der Waals surface area contributed by atoms with Crippen LogP contribution in [0.1, 0.15) is 11.1 Å². The van der Waals surface area contributed by atoms with Crippen molar-refractivity contribution in [2.45, 2.75) is 5.75 Å². The lowest BCUT2D eigenvalue weighted by Crippen LogP contribution is -1.90. The number of halogens is 1. The van der Waals surface area contributed by atoms with E-state index in [-0.39, 0.29) is 0 Å². The van der Waals surface area contributed by atoms with Crippen molar-refractivity contribution in [2.75, 3.05) is 0 Å². The van der Waals surface area contributed by atoms with Crippen LogP contribution in [0.5, 0.6) is 0 Å². The van der Waals surface area contributed by atoms with Gasteiger partial charge in [0.25, 0.3) is 0 Å². The lowest BCUT2D eigenvalue weighted by Gasteiger charge is -2.04. The summed E-state index contributed by atoms with van der Waals surface area (Å²) in [6.07, 6.45) is 3.10. The molecule has 1 aromatic carbocycles. The molecule has 114 valence electrons. The molecule has 5 heteroatoms. The minimum Gasteiger partial charge on any atom is -0.308 e. The molecule has 0 aliphatic carbocycles. The molecule has 0 unspecified atom stereocenters. The highest BCUT2D eigenvalue weighted by atomic mass is 35.5. The van der Waals surface area contributed by atoms with Crippen LogP contribution < -0.4 is 0 Å². The number of nitrogens with zero attached hydrogens (tertiary/aromatic N) is 2. The van der Waals surface area contributed by atoms with Crippen LogP contribution in [0.2, 0.25) is 5.15 Å². The standard InChI is InChI=1S/C18H14ClN3S/c19-18-7-6-16-17(22-18)8-14(10-21-16)15(9-20)12-23-11-13-4-2-1-3-5-13/h1-10,12,20H,11H2/b15-12+,20-9?. The van der Waals surface area contributed by atoms with Crippen molar-refractivity contribution < 1.29 is 0 Å². The van der Waals surface area contributed by atoms with Gasteiger partial charge in [0.2, 0.25) is 0 Å². The van der Waals surface area contributed by atoms with Crippen LogP contribution in [0.15, 0.2) is 60.1 Å². The molecule has 0 radical (unpaired) electrons. The van der Waals surface area contributed by atoms with Gasteiger partial charge in [0.05, 0.1) is 11.0 Å². The molecule has 0 amide bonds. The first-order valence-electron chi connectivity index (χ1n) is 7.05. The van der Waals surface area contributed by atoms with E-state index in [1.54, 1.807) is 24.0 Å². The first-order valence-corrected chi connectivity index (χ1v) is 8.48. The Morgan fingerprint density at radius 1 is 1.13 bits per heavy atom. The number of benzene rings is 1. The predicted molar refractivity (Wildman–Crippen MR) is 99.0 cm³/mol. The fourth-order valence-electron chi connectivity index (χ4n) is 2.13. The summed E-state index contributed by atoms with van der Waals surface area (Å²) >= 11 is 7.59. The van der Waals surface area contributed by atoms with E-state index in [2.05, 4.69) is 22.1 Å². The van der Waals surface area contributed by atoms with Gasteiger partial charge in [-0.1, -0.05) is 41.9 Å². The first kappa shape index (κ1) is 15.7. The summed E-state index contributed by atoms with van der Waals surface area (Å²) < 4.78 is 0. The van der Waals surface area contributed by atoms with E-state index < -0.39 is 0 Å². The molecule has 3 aromatic rings. The van der Waals surface area contributed by atoms with Gasteiger partial charge in [0.15, 0.2) is 0 Å². The summed E-state index contributed by atoms with van der Waals surface area (Å²) in [5.74, 6) is 0.864. The summed E-state index contributed by atoms with van der Waals surface area (Å²) in [6, 6.07) is 15.7. The third-order valence-electron chi connectivity index (χ3n) is 3.30. The fourth-order valence-corrected chi connectivity index (χ4v) is 3.13. The first-order chi connectivity index (χ1) is 11.3. The molecular weight excluding hydrogens is 326 g/mol. The van der Waals surface area contributed by atoms with Gasteiger partial charge in [-0.05, 0) is 29.2 Å². The lowest BCUT2D eigenvalue weighted by atomic mass is 10.1. The Hall–Kier alpha value is -2.17.